The predicted octanol–water partition coefficient (Wildman–Crippen LogP) is 3.33. The minimum Gasteiger partial charge on any atom is -0.490 e. The maximum atomic E-state index is 12.0. The van der Waals surface area contributed by atoms with E-state index in [0.717, 1.165) is 11.5 Å². The van der Waals surface area contributed by atoms with Crippen LogP contribution in [-0.4, -0.2) is 30.2 Å². The number of benzene rings is 1. The molecule has 0 fully saturated rings. The molecule has 0 bridgehead atoms. The number of carbonyl (C=O) groups excluding carboxylic acids is 1. The first-order valence-electron chi connectivity index (χ1n) is 6.82. The molecule has 1 N–H and O–H groups in total. The van der Waals surface area contributed by atoms with Crippen molar-refractivity contribution in [3.05, 3.63) is 56.3 Å². The van der Waals surface area contributed by atoms with Crippen LogP contribution in [0.25, 0.3) is 0 Å². The first-order chi connectivity index (χ1) is 11.1. The number of nitrogens with one attached hydrogen (secondary N) is 1. The number of thioether (sulfide) groups is 1. The standard InChI is InChI=1S/C15H16N2O4S2/c1-21-14-5-4-11(9-13(14)17(19)20)15(18)16-6-8-22-10-12-3-2-7-23-12/h2-5,7,9H,6,8,10H2,1H3,(H,16,18). The van der Waals surface area contributed by atoms with Gasteiger partial charge in [0.2, 0.25) is 0 Å². The fraction of sp³-hybridized carbons (Fsp3) is 0.267. The van der Waals surface area contributed by atoms with Gasteiger partial charge in [-0.1, -0.05) is 6.07 Å². The monoisotopic (exact) mass is 352 g/mol. The summed E-state index contributed by atoms with van der Waals surface area (Å²) in [5, 5.41) is 15.8. The van der Waals surface area contributed by atoms with Crippen molar-refractivity contribution in [1.82, 2.24) is 5.32 Å². The fourth-order valence-corrected chi connectivity index (χ4v) is 3.58. The number of hydrogen-bond donors (Lipinski definition) is 1. The average Bonchev–Trinajstić information content (AvgIpc) is 3.07. The van der Waals surface area contributed by atoms with Gasteiger partial charge in [0.05, 0.1) is 12.0 Å². The lowest BCUT2D eigenvalue weighted by molar-refractivity contribution is -0.385. The Morgan fingerprint density at radius 1 is 1.43 bits per heavy atom. The van der Waals surface area contributed by atoms with E-state index in [1.165, 1.54) is 30.2 Å². The smallest absolute Gasteiger partial charge is 0.311 e. The first kappa shape index (κ1) is 17.3. The minimum absolute atomic E-state index is 0.137. The molecule has 0 aliphatic rings. The highest BCUT2D eigenvalue weighted by molar-refractivity contribution is 7.98. The van der Waals surface area contributed by atoms with Crippen molar-refractivity contribution in [1.29, 1.82) is 0 Å². The second-order valence-corrected chi connectivity index (χ2v) is 6.67. The van der Waals surface area contributed by atoms with Gasteiger partial charge in [-0.05, 0) is 23.6 Å². The summed E-state index contributed by atoms with van der Waals surface area (Å²) in [5.74, 6) is 1.51. The zero-order chi connectivity index (χ0) is 16.7. The van der Waals surface area contributed by atoms with Crippen LogP contribution in [0.4, 0.5) is 5.69 Å². The number of methoxy groups -OCH3 is 1. The van der Waals surface area contributed by atoms with Crippen molar-refractivity contribution >= 4 is 34.7 Å². The summed E-state index contributed by atoms with van der Waals surface area (Å²) < 4.78 is 4.91. The number of nitrogens with zero attached hydrogens (tertiary/aromatic N) is 1. The molecule has 0 unspecified atom stereocenters. The van der Waals surface area contributed by atoms with Gasteiger partial charge in [0.25, 0.3) is 5.91 Å². The summed E-state index contributed by atoms with van der Waals surface area (Å²) >= 11 is 3.44. The molecule has 0 atom stereocenters. The highest BCUT2D eigenvalue weighted by Gasteiger charge is 2.17. The Kier molecular flexibility index (Phi) is 6.42. The van der Waals surface area contributed by atoms with Crippen LogP contribution in [0.3, 0.4) is 0 Å². The Labute approximate surface area is 142 Å². The third kappa shape index (κ3) is 4.97. The van der Waals surface area contributed by atoms with Gasteiger partial charge in [0, 0.05) is 34.6 Å². The molecule has 1 heterocycles. The number of carbonyl (C=O) groups is 1. The summed E-state index contributed by atoms with van der Waals surface area (Å²) in [6.45, 7) is 0.509. The number of amides is 1. The van der Waals surface area contributed by atoms with Gasteiger partial charge in [-0.3, -0.25) is 14.9 Å². The first-order valence-corrected chi connectivity index (χ1v) is 8.86. The molecule has 8 heteroatoms. The third-order valence-corrected chi connectivity index (χ3v) is 5.06. The van der Waals surface area contributed by atoms with Crippen molar-refractivity contribution in [2.45, 2.75) is 5.75 Å². The van der Waals surface area contributed by atoms with Gasteiger partial charge < -0.3 is 10.1 Å². The van der Waals surface area contributed by atoms with Crippen molar-refractivity contribution in [3.63, 3.8) is 0 Å². The molecule has 23 heavy (non-hydrogen) atoms. The molecule has 0 saturated carbocycles. The minimum atomic E-state index is -0.563. The maximum Gasteiger partial charge on any atom is 0.311 e. The molecule has 6 nitrogen and oxygen atoms in total. The average molecular weight is 352 g/mol. The van der Waals surface area contributed by atoms with Crippen LogP contribution in [0.5, 0.6) is 5.75 Å². The van der Waals surface area contributed by atoms with E-state index in [1.54, 1.807) is 23.1 Å². The Balaban J connectivity index is 1.83. The quantitative estimate of drug-likeness (QED) is 0.448. The maximum absolute atomic E-state index is 12.0. The van der Waals surface area contributed by atoms with E-state index < -0.39 is 4.92 Å². The fourth-order valence-electron chi connectivity index (χ4n) is 1.88. The molecular formula is C15H16N2O4S2. The molecule has 0 spiro atoms. The van der Waals surface area contributed by atoms with Crippen LogP contribution in [0.2, 0.25) is 0 Å². The van der Waals surface area contributed by atoms with E-state index in [9.17, 15) is 14.9 Å². The second-order valence-electron chi connectivity index (χ2n) is 4.53. The number of ether oxygens (including phenoxy) is 1. The lowest BCUT2D eigenvalue weighted by Crippen LogP contribution is -2.25. The van der Waals surface area contributed by atoms with Gasteiger partial charge in [0.15, 0.2) is 5.75 Å². The van der Waals surface area contributed by atoms with E-state index in [4.69, 9.17) is 4.74 Å². The van der Waals surface area contributed by atoms with Gasteiger partial charge in [-0.15, -0.1) is 11.3 Å². The number of thiophene rings is 1. The van der Waals surface area contributed by atoms with Gasteiger partial charge in [-0.25, -0.2) is 0 Å². The zero-order valence-corrected chi connectivity index (χ0v) is 14.1. The molecule has 2 rings (SSSR count). The molecule has 2 aromatic rings. The molecule has 1 aromatic heterocycles. The number of hydrogen-bond acceptors (Lipinski definition) is 6. The van der Waals surface area contributed by atoms with Crippen molar-refractivity contribution in [2.75, 3.05) is 19.4 Å². The van der Waals surface area contributed by atoms with Crippen LogP contribution >= 0.6 is 23.1 Å². The Morgan fingerprint density at radius 3 is 2.91 bits per heavy atom. The highest BCUT2D eigenvalue weighted by Crippen LogP contribution is 2.27. The Morgan fingerprint density at radius 2 is 2.26 bits per heavy atom. The Hall–Kier alpha value is -2.06. The predicted molar refractivity (Wildman–Crippen MR) is 92.5 cm³/mol. The Bertz CT molecular complexity index is 674. The highest BCUT2D eigenvalue weighted by atomic mass is 32.2. The van der Waals surface area contributed by atoms with Gasteiger partial charge in [0.1, 0.15) is 0 Å². The van der Waals surface area contributed by atoms with Crippen molar-refractivity contribution in [2.24, 2.45) is 0 Å². The topological polar surface area (TPSA) is 81.5 Å². The van der Waals surface area contributed by atoms with E-state index >= 15 is 0 Å². The summed E-state index contributed by atoms with van der Waals surface area (Å²) in [6.07, 6.45) is 0. The summed E-state index contributed by atoms with van der Waals surface area (Å²) in [4.78, 5) is 23.7. The molecule has 122 valence electrons. The van der Waals surface area contributed by atoms with E-state index in [2.05, 4.69) is 11.4 Å². The largest absolute Gasteiger partial charge is 0.490 e. The molecule has 1 aromatic carbocycles. The number of rotatable bonds is 8. The lowest BCUT2D eigenvalue weighted by Gasteiger charge is -2.06. The van der Waals surface area contributed by atoms with Crippen molar-refractivity contribution in [3.8, 4) is 5.75 Å². The van der Waals surface area contributed by atoms with E-state index in [-0.39, 0.29) is 22.9 Å². The molecular weight excluding hydrogens is 336 g/mol. The number of nitro benzene ring substituents is 1. The van der Waals surface area contributed by atoms with Crippen molar-refractivity contribution < 1.29 is 14.5 Å². The molecule has 0 aliphatic carbocycles. The zero-order valence-electron chi connectivity index (χ0n) is 12.5. The normalized spacial score (nSPS) is 10.3. The van der Waals surface area contributed by atoms with Crippen LogP contribution in [0.1, 0.15) is 15.2 Å². The van der Waals surface area contributed by atoms with Crippen LogP contribution in [0.15, 0.2) is 35.7 Å². The molecule has 0 saturated heterocycles. The molecule has 0 aliphatic heterocycles. The van der Waals surface area contributed by atoms with E-state index in [1.807, 2.05) is 11.4 Å². The summed E-state index contributed by atoms with van der Waals surface area (Å²) in [7, 11) is 1.35. The van der Waals surface area contributed by atoms with Gasteiger partial charge in [-0.2, -0.15) is 11.8 Å². The van der Waals surface area contributed by atoms with Crippen LogP contribution in [0, 0.1) is 10.1 Å². The van der Waals surface area contributed by atoms with Crippen LogP contribution < -0.4 is 10.1 Å². The van der Waals surface area contributed by atoms with E-state index in [0.29, 0.717) is 6.54 Å². The van der Waals surface area contributed by atoms with Crippen LogP contribution in [-0.2, 0) is 5.75 Å². The summed E-state index contributed by atoms with van der Waals surface area (Å²) in [6, 6.07) is 8.26. The second kappa shape index (κ2) is 8.54. The summed E-state index contributed by atoms with van der Waals surface area (Å²) in [5.41, 5.74) is 0.0352. The van der Waals surface area contributed by atoms with Gasteiger partial charge >= 0.3 is 5.69 Å². The number of nitro groups is 1. The molecule has 1 amide bonds. The third-order valence-electron chi connectivity index (χ3n) is 2.99. The SMILES string of the molecule is COc1ccc(C(=O)NCCSCc2cccs2)cc1[N+](=O)[O-]. The lowest BCUT2D eigenvalue weighted by atomic mass is 10.1. The molecule has 0 radical (unpaired) electrons.